The van der Waals surface area contributed by atoms with Gasteiger partial charge in [-0.3, -0.25) is 4.79 Å². The maximum atomic E-state index is 12.1. The number of benzene rings is 2. The number of amides is 1. The second-order valence-corrected chi connectivity index (χ2v) is 5.48. The van der Waals surface area contributed by atoms with Gasteiger partial charge in [0.25, 0.3) is 0 Å². The van der Waals surface area contributed by atoms with Crippen LogP contribution in [0.5, 0.6) is 11.5 Å². The summed E-state index contributed by atoms with van der Waals surface area (Å²) in [5.74, 6) is 1.10. The molecule has 130 valence electrons. The minimum Gasteiger partial charge on any atom is -0.493 e. The number of nitrogens with one attached hydrogen (secondary N) is 1. The van der Waals surface area contributed by atoms with Crippen LogP contribution < -0.4 is 14.8 Å². The van der Waals surface area contributed by atoms with E-state index in [9.17, 15) is 4.79 Å². The molecule has 0 saturated carbocycles. The Kier molecular flexibility index (Phi) is 6.84. The first kappa shape index (κ1) is 18.3. The van der Waals surface area contributed by atoms with Crippen LogP contribution in [-0.4, -0.2) is 19.6 Å². The fraction of sp³-hybridized carbons (Fsp3) is 0.190. The van der Waals surface area contributed by atoms with Crippen molar-refractivity contribution in [2.75, 3.05) is 13.7 Å². The third kappa shape index (κ3) is 5.53. The Balaban J connectivity index is 2.00. The maximum absolute atomic E-state index is 12.1. The first-order valence-electron chi connectivity index (χ1n) is 8.09. The number of hydrogen-bond acceptors (Lipinski definition) is 3. The van der Waals surface area contributed by atoms with Gasteiger partial charge < -0.3 is 14.8 Å². The molecule has 2 aromatic carbocycles. The largest absolute Gasteiger partial charge is 0.493 e. The molecule has 0 fully saturated rings. The average molecular weight is 337 g/mol. The highest BCUT2D eigenvalue weighted by Gasteiger charge is 2.07. The fourth-order valence-electron chi connectivity index (χ4n) is 2.31. The van der Waals surface area contributed by atoms with Crippen molar-refractivity contribution < 1.29 is 14.3 Å². The molecule has 0 heterocycles. The third-order valence-corrected chi connectivity index (χ3v) is 3.63. The molecule has 1 N–H and O–H groups in total. The van der Waals surface area contributed by atoms with Gasteiger partial charge in [0.1, 0.15) is 6.61 Å². The number of ether oxygens (including phenoxy) is 2. The lowest BCUT2D eigenvalue weighted by molar-refractivity contribution is -0.117. The van der Waals surface area contributed by atoms with Crippen molar-refractivity contribution in [3.05, 3.63) is 78.4 Å². The zero-order valence-corrected chi connectivity index (χ0v) is 14.6. The van der Waals surface area contributed by atoms with E-state index in [0.717, 1.165) is 11.1 Å². The van der Waals surface area contributed by atoms with Crippen LogP contribution in [0.3, 0.4) is 0 Å². The summed E-state index contributed by atoms with van der Waals surface area (Å²) in [7, 11) is 1.58. The topological polar surface area (TPSA) is 47.6 Å². The molecule has 1 atom stereocenters. The first-order chi connectivity index (χ1) is 12.1. The summed E-state index contributed by atoms with van der Waals surface area (Å²) in [6.45, 7) is 5.98. The molecule has 0 spiro atoms. The Morgan fingerprint density at radius 1 is 1.20 bits per heavy atom. The number of methoxy groups -OCH3 is 1. The molecule has 0 bridgehead atoms. The molecule has 4 nitrogen and oxygen atoms in total. The summed E-state index contributed by atoms with van der Waals surface area (Å²) in [6, 6.07) is 15.3. The fourth-order valence-corrected chi connectivity index (χ4v) is 2.31. The second-order valence-electron chi connectivity index (χ2n) is 5.48. The van der Waals surface area contributed by atoms with Gasteiger partial charge >= 0.3 is 0 Å². The summed E-state index contributed by atoms with van der Waals surface area (Å²) in [5.41, 5.74) is 1.92. The Hall–Kier alpha value is -3.01. The average Bonchev–Trinajstić information content (AvgIpc) is 2.65. The number of rotatable bonds is 8. The standard InChI is InChI=1S/C21H23NO3/c1-4-14-25-19-12-10-17(15-20(19)24-3)11-13-21(23)22-16(2)18-8-6-5-7-9-18/h4-13,15-16H,1,14H2,2-3H3,(H,22,23)/b13-11-/t16-/m1/s1. The number of hydrogen-bond donors (Lipinski definition) is 1. The van der Waals surface area contributed by atoms with Crippen LogP contribution >= 0.6 is 0 Å². The van der Waals surface area contributed by atoms with Gasteiger partial charge in [0, 0.05) is 6.08 Å². The molecule has 0 aliphatic heterocycles. The summed E-state index contributed by atoms with van der Waals surface area (Å²) >= 11 is 0. The molecule has 0 aliphatic rings. The van der Waals surface area contributed by atoms with Crippen molar-refractivity contribution in [2.24, 2.45) is 0 Å². The van der Waals surface area contributed by atoms with Gasteiger partial charge in [-0.15, -0.1) is 0 Å². The lowest BCUT2D eigenvalue weighted by Gasteiger charge is -2.12. The van der Waals surface area contributed by atoms with E-state index in [0.29, 0.717) is 18.1 Å². The maximum Gasteiger partial charge on any atom is 0.244 e. The Morgan fingerprint density at radius 2 is 1.96 bits per heavy atom. The van der Waals surface area contributed by atoms with Crippen LogP contribution in [-0.2, 0) is 4.79 Å². The minimum atomic E-state index is -0.151. The van der Waals surface area contributed by atoms with Crippen LogP contribution in [0.25, 0.3) is 6.08 Å². The summed E-state index contributed by atoms with van der Waals surface area (Å²) in [6.07, 6.45) is 4.93. The number of carbonyl (C=O) groups is 1. The van der Waals surface area contributed by atoms with Crippen LogP contribution in [0.4, 0.5) is 0 Å². The highest BCUT2D eigenvalue weighted by molar-refractivity contribution is 5.92. The van der Waals surface area contributed by atoms with Crippen molar-refractivity contribution in [1.29, 1.82) is 0 Å². The molecule has 25 heavy (non-hydrogen) atoms. The van der Waals surface area contributed by atoms with Gasteiger partial charge in [-0.2, -0.15) is 0 Å². The van der Waals surface area contributed by atoms with Crippen LogP contribution in [0.2, 0.25) is 0 Å². The predicted octanol–water partition coefficient (Wildman–Crippen LogP) is 4.15. The smallest absolute Gasteiger partial charge is 0.244 e. The van der Waals surface area contributed by atoms with E-state index >= 15 is 0 Å². The summed E-state index contributed by atoms with van der Waals surface area (Å²) in [4.78, 5) is 12.1. The molecule has 0 aliphatic carbocycles. The van der Waals surface area contributed by atoms with E-state index in [1.54, 1.807) is 19.3 Å². The quantitative estimate of drug-likeness (QED) is 0.581. The molecule has 0 unspecified atom stereocenters. The van der Waals surface area contributed by atoms with Gasteiger partial charge in [0.15, 0.2) is 11.5 Å². The van der Waals surface area contributed by atoms with Gasteiger partial charge in [-0.05, 0) is 36.3 Å². The summed E-state index contributed by atoms with van der Waals surface area (Å²) in [5, 5.41) is 2.94. The highest BCUT2D eigenvalue weighted by Crippen LogP contribution is 2.28. The van der Waals surface area contributed by atoms with Crippen LogP contribution in [0, 0.1) is 0 Å². The van der Waals surface area contributed by atoms with Crippen molar-refractivity contribution in [3.8, 4) is 11.5 Å². The normalized spacial score (nSPS) is 11.8. The van der Waals surface area contributed by atoms with E-state index in [-0.39, 0.29) is 11.9 Å². The summed E-state index contributed by atoms with van der Waals surface area (Å²) < 4.78 is 10.8. The molecule has 1 amide bonds. The molecule has 0 aromatic heterocycles. The Labute approximate surface area is 148 Å². The first-order valence-corrected chi connectivity index (χ1v) is 8.09. The molecule has 2 aromatic rings. The molecule has 4 heteroatoms. The monoisotopic (exact) mass is 337 g/mol. The molecule has 0 radical (unpaired) electrons. The van der Waals surface area contributed by atoms with E-state index in [2.05, 4.69) is 11.9 Å². The van der Waals surface area contributed by atoms with Gasteiger partial charge in [-0.1, -0.05) is 49.1 Å². The molecular formula is C21H23NO3. The minimum absolute atomic E-state index is 0.0532. The number of carbonyl (C=O) groups excluding carboxylic acids is 1. The van der Waals surface area contributed by atoms with Gasteiger partial charge in [0.05, 0.1) is 13.2 Å². The molecular weight excluding hydrogens is 314 g/mol. The van der Waals surface area contributed by atoms with E-state index in [4.69, 9.17) is 9.47 Å². The molecule has 0 saturated heterocycles. The van der Waals surface area contributed by atoms with E-state index < -0.39 is 0 Å². The zero-order chi connectivity index (χ0) is 18.1. The van der Waals surface area contributed by atoms with Crippen molar-refractivity contribution >= 4 is 12.0 Å². The van der Waals surface area contributed by atoms with Crippen molar-refractivity contribution in [3.63, 3.8) is 0 Å². The van der Waals surface area contributed by atoms with Gasteiger partial charge in [0.2, 0.25) is 5.91 Å². The SMILES string of the molecule is C=CCOc1ccc(/C=C\C(=O)N[C@H](C)c2ccccc2)cc1OC. The lowest BCUT2D eigenvalue weighted by Crippen LogP contribution is -2.24. The van der Waals surface area contributed by atoms with E-state index in [1.807, 2.05) is 55.5 Å². The van der Waals surface area contributed by atoms with Crippen LogP contribution in [0.1, 0.15) is 24.1 Å². The second kappa shape index (κ2) is 9.33. The predicted molar refractivity (Wildman–Crippen MR) is 101 cm³/mol. The van der Waals surface area contributed by atoms with Crippen molar-refractivity contribution in [1.82, 2.24) is 5.32 Å². The lowest BCUT2D eigenvalue weighted by atomic mass is 10.1. The highest BCUT2D eigenvalue weighted by atomic mass is 16.5. The van der Waals surface area contributed by atoms with Crippen molar-refractivity contribution in [2.45, 2.75) is 13.0 Å². The van der Waals surface area contributed by atoms with E-state index in [1.165, 1.54) is 6.08 Å². The zero-order valence-electron chi connectivity index (χ0n) is 14.6. The Morgan fingerprint density at radius 3 is 2.64 bits per heavy atom. The third-order valence-electron chi connectivity index (χ3n) is 3.63. The molecule has 2 rings (SSSR count). The van der Waals surface area contributed by atoms with Crippen LogP contribution in [0.15, 0.2) is 67.3 Å². The Bertz CT molecular complexity index is 738. The van der Waals surface area contributed by atoms with Gasteiger partial charge in [-0.25, -0.2) is 0 Å².